The highest BCUT2D eigenvalue weighted by Crippen LogP contribution is 2.39. The summed E-state index contributed by atoms with van der Waals surface area (Å²) in [4.78, 5) is 7.04. The molecule has 0 radical (unpaired) electrons. The lowest BCUT2D eigenvalue weighted by Crippen LogP contribution is -2.64. The zero-order valence-corrected chi connectivity index (χ0v) is 15.4. The molecule has 0 saturated carbocycles. The van der Waals surface area contributed by atoms with E-state index in [-0.39, 0.29) is 0 Å². The number of anilines is 3. The summed E-state index contributed by atoms with van der Waals surface area (Å²) in [6, 6.07) is 24.4. The molecule has 0 saturated heterocycles. The molecule has 1 aromatic heterocycles. The quantitative estimate of drug-likeness (QED) is 0.420. The number of hydrogen-bond acceptors (Lipinski definition) is 2. The largest absolute Gasteiger partial charge is 0.312 e. The number of hydrogen-bond donors (Lipinski definition) is 0. The fraction of sp³-hybridized carbons (Fsp3) is 0.0800. The van der Waals surface area contributed by atoms with Gasteiger partial charge in [-0.25, -0.2) is 0 Å². The van der Waals surface area contributed by atoms with Crippen molar-refractivity contribution in [2.24, 2.45) is 0 Å². The van der Waals surface area contributed by atoms with Gasteiger partial charge in [0.05, 0.1) is 0 Å². The lowest BCUT2D eigenvalue weighted by molar-refractivity contribution is 1.08. The van der Waals surface area contributed by atoms with E-state index in [1.807, 2.05) is 0 Å². The van der Waals surface area contributed by atoms with Crippen LogP contribution in [-0.4, -0.2) is 11.7 Å². The van der Waals surface area contributed by atoms with Gasteiger partial charge in [0.25, 0.3) is 0 Å². The van der Waals surface area contributed by atoms with E-state index in [9.17, 15) is 0 Å². The Hall–Kier alpha value is -3.33. The molecule has 0 N–H and O–H groups in total. The highest BCUT2D eigenvalue weighted by molar-refractivity contribution is 6.99. The molecule has 0 aliphatic carbocycles. The Morgan fingerprint density at radius 3 is 1.82 bits per heavy atom. The minimum Gasteiger partial charge on any atom is -0.312 e. The highest BCUT2D eigenvalue weighted by Gasteiger charge is 2.44. The molecule has 7 rings (SSSR count). The molecule has 28 heavy (non-hydrogen) atoms. The first-order chi connectivity index (χ1) is 13.9. The van der Waals surface area contributed by atoms with Gasteiger partial charge in [0.15, 0.2) is 0 Å². The molecule has 3 aromatic carbocycles. The Bertz CT molecular complexity index is 1200. The van der Waals surface area contributed by atoms with E-state index in [0.717, 1.165) is 12.8 Å². The Labute approximate surface area is 164 Å². The second-order valence-corrected chi connectivity index (χ2v) is 8.03. The van der Waals surface area contributed by atoms with E-state index < -0.39 is 0 Å². The van der Waals surface area contributed by atoms with Crippen molar-refractivity contribution in [3.05, 3.63) is 101 Å². The molecular weight excluding hydrogens is 339 g/mol. The zero-order chi connectivity index (χ0) is 18.2. The normalized spacial score (nSPS) is 14.7. The minimum absolute atomic E-state index is 0.341. The molecule has 4 heterocycles. The first kappa shape index (κ1) is 14.7. The summed E-state index contributed by atoms with van der Waals surface area (Å²) in [5, 5.41) is 0. The molecule has 3 aliphatic rings. The van der Waals surface area contributed by atoms with Gasteiger partial charge in [0, 0.05) is 29.5 Å². The molecule has 0 amide bonds. The average Bonchev–Trinajstić information content (AvgIpc) is 2.75. The third-order valence-corrected chi connectivity index (χ3v) is 6.62. The number of para-hydroxylation sites is 1. The van der Waals surface area contributed by atoms with Crippen LogP contribution < -0.4 is 21.3 Å². The van der Waals surface area contributed by atoms with Gasteiger partial charge in [-0.1, -0.05) is 47.9 Å². The molecule has 0 fully saturated rings. The Morgan fingerprint density at radius 1 is 0.607 bits per heavy atom. The van der Waals surface area contributed by atoms with Crippen LogP contribution in [0, 0.1) is 0 Å². The summed E-state index contributed by atoms with van der Waals surface area (Å²) in [5.74, 6) is 0. The van der Waals surface area contributed by atoms with Crippen molar-refractivity contribution in [1.82, 2.24) is 4.98 Å². The molecule has 0 spiro atoms. The number of aromatic nitrogens is 1. The molecule has 4 aromatic rings. The van der Waals surface area contributed by atoms with Crippen LogP contribution in [-0.2, 0) is 12.8 Å². The van der Waals surface area contributed by atoms with Gasteiger partial charge in [0.1, 0.15) is 0 Å². The third-order valence-electron chi connectivity index (χ3n) is 6.62. The van der Waals surface area contributed by atoms with Crippen molar-refractivity contribution < 1.29 is 0 Å². The van der Waals surface area contributed by atoms with Crippen LogP contribution in [0.4, 0.5) is 17.1 Å². The monoisotopic (exact) mass is 356 g/mol. The molecule has 0 unspecified atom stereocenters. The molecule has 2 nitrogen and oxygen atoms in total. The van der Waals surface area contributed by atoms with E-state index in [0.29, 0.717) is 6.71 Å². The van der Waals surface area contributed by atoms with Gasteiger partial charge < -0.3 is 4.90 Å². The maximum Gasteiger partial charge on any atom is 0.248 e. The maximum absolute atomic E-state index is 4.57. The minimum atomic E-state index is 0.341. The fourth-order valence-corrected chi connectivity index (χ4v) is 5.61. The molecular formula is C25H17BN2. The maximum atomic E-state index is 4.57. The van der Waals surface area contributed by atoms with Crippen LogP contribution >= 0.6 is 0 Å². The zero-order valence-electron chi connectivity index (χ0n) is 15.4. The Kier molecular flexibility index (Phi) is 2.70. The van der Waals surface area contributed by atoms with Gasteiger partial charge in [-0.3, -0.25) is 4.98 Å². The SMILES string of the molecule is c1ccc(N2c3cccc4c3B3c5c(cncc5Cc5cccc2c53)C4)cc1. The van der Waals surface area contributed by atoms with Crippen LogP contribution in [0.5, 0.6) is 0 Å². The first-order valence-electron chi connectivity index (χ1n) is 9.94. The Balaban J connectivity index is 1.63. The van der Waals surface area contributed by atoms with Crippen molar-refractivity contribution >= 4 is 40.2 Å². The van der Waals surface area contributed by atoms with Crippen LogP contribution in [0.25, 0.3) is 0 Å². The van der Waals surface area contributed by atoms with Crippen LogP contribution in [0.3, 0.4) is 0 Å². The predicted octanol–water partition coefficient (Wildman–Crippen LogP) is 3.19. The van der Waals surface area contributed by atoms with E-state index in [1.165, 1.54) is 55.7 Å². The molecule has 3 aliphatic heterocycles. The third kappa shape index (κ3) is 1.72. The summed E-state index contributed by atoms with van der Waals surface area (Å²) in [6.45, 7) is 0.341. The lowest BCUT2D eigenvalue weighted by Gasteiger charge is -2.43. The lowest BCUT2D eigenvalue weighted by atomic mass is 9.29. The summed E-state index contributed by atoms with van der Waals surface area (Å²) in [6.07, 6.45) is 6.14. The van der Waals surface area contributed by atoms with Gasteiger partial charge in [-0.05, 0) is 70.3 Å². The van der Waals surface area contributed by atoms with E-state index >= 15 is 0 Å². The fourth-order valence-electron chi connectivity index (χ4n) is 5.61. The van der Waals surface area contributed by atoms with Crippen molar-refractivity contribution in [3.8, 4) is 0 Å². The second kappa shape index (κ2) is 5.14. The summed E-state index contributed by atoms with van der Waals surface area (Å²) < 4.78 is 0. The van der Waals surface area contributed by atoms with Gasteiger partial charge >= 0.3 is 0 Å². The smallest absolute Gasteiger partial charge is 0.248 e. The van der Waals surface area contributed by atoms with Crippen molar-refractivity contribution in [2.45, 2.75) is 12.8 Å². The molecule has 130 valence electrons. The number of benzene rings is 3. The van der Waals surface area contributed by atoms with E-state index in [1.54, 1.807) is 0 Å². The second-order valence-electron chi connectivity index (χ2n) is 8.03. The number of rotatable bonds is 1. The van der Waals surface area contributed by atoms with Gasteiger partial charge in [-0.2, -0.15) is 0 Å². The number of pyridine rings is 1. The highest BCUT2D eigenvalue weighted by atomic mass is 15.1. The van der Waals surface area contributed by atoms with Crippen molar-refractivity contribution in [3.63, 3.8) is 0 Å². The standard InChI is InChI=1S/C25H17BN2/c1-2-8-20(9-3-1)28-21-10-4-6-16-12-18-14-27-15-19-13-17-7-5-11-22(28)25(17)26(23(18)19)24(16)21/h1-11,14-15H,12-13H2. The van der Waals surface area contributed by atoms with Crippen LogP contribution in [0.15, 0.2) is 79.1 Å². The van der Waals surface area contributed by atoms with Gasteiger partial charge in [0.2, 0.25) is 6.71 Å². The average molecular weight is 356 g/mol. The molecule has 0 bridgehead atoms. The van der Waals surface area contributed by atoms with E-state index in [4.69, 9.17) is 0 Å². The summed E-state index contributed by atoms with van der Waals surface area (Å²) in [7, 11) is 0. The summed E-state index contributed by atoms with van der Waals surface area (Å²) >= 11 is 0. The predicted molar refractivity (Wildman–Crippen MR) is 116 cm³/mol. The van der Waals surface area contributed by atoms with Crippen LogP contribution in [0.2, 0.25) is 0 Å². The topological polar surface area (TPSA) is 16.1 Å². The van der Waals surface area contributed by atoms with Crippen molar-refractivity contribution in [2.75, 3.05) is 4.90 Å². The van der Waals surface area contributed by atoms with Crippen molar-refractivity contribution in [1.29, 1.82) is 0 Å². The Morgan fingerprint density at radius 2 is 1.21 bits per heavy atom. The van der Waals surface area contributed by atoms with Crippen LogP contribution in [0.1, 0.15) is 22.3 Å². The molecule has 0 atom stereocenters. The first-order valence-corrected chi connectivity index (χ1v) is 9.94. The summed E-state index contributed by atoms with van der Waals surface area (Å²) in [5.41, 5.74) is 14.1. The molecule has 3 heteroatoms. The van der Waals surface area contributed by atoms with Gasteiger partial charge in [-0.15, -0.1) is 0 Å². The van der Waals surface area contributed by atoms with E-state index in [2.05, 4.69) is 89.0 Å². The number of nitrogens with zero attached hydrogens (tertiary/aromatic N) is 2.